The largest absolute Gasteiger partial charge is 0.441 e. The van der Waals surface area contributed by atoms with Crippen molar-refractivity contribution in [1.82, 2.24) is 20.2 Å². The van der Waals surface area contributed by atoms with Crippen LogP contribution in [-0.4, -0.2) is 53.1 Å². The van der Waals surface area contributed by atoms with Crippen LogP contribution in [0.1, 0.15) is 17.0 Å². The Balaban J connectivity index is 1.27. The van der Waals surface area contributed by atoms with E-state index in [-0.39, 0.29) is 18.4 Å². The first-order valence-electron chi connectivity index (χ1n) is 10.4. The van der Waals surface area contributed by atoms with E-state index in [0.717, 1.165) is 24.2 Å². The molecule has 0 saturated carbocycles. The number of hydrogen-bond acceptors (Lipinski definition) is 6. The van der Waals surface area contributed by atoms with E-state index in [0.29, 0.717) is 47.1 Å². The van der Waals surface area contributed by atoms with Crippen molar-refractivity contribution in [2.45, 2.75) is 26.0 Å². The maximum Gasteiger partial charge on any atom is 0.228 e. The number of morpholine rings is 1. The zero-order valence-corrected chi connectivity index (χ0v) is 19.2. The third-order valence-corrected chi connectivity index (χ3v) is 6.01. The fourth-order valence-corrected chi connectivity index (χ4v) is 3.91. The van der Waals surface area contributed by atoms with Crippen LogP contribution >= 0.6 is 23.2 Å². The Hall–Kier alpha value is -2.45. The lowest BCUT2D eigenvalue weighted by Crippen LogP contribution is -2.47. The van der Waals surface area contributed by atoms with E-state index in [1.165, 1.54) is 0 Å². The summed E-state index contributed by atoms with van der Waals surface area (Å²) in [5.74, 6) is 0.969. The maximum absolute atomic E-state index is 12.5. The highest BCUT2D eigenvalue weighted by Crippen LogP contribution is 2.24. The van der Waals surface area contributed by atoms with E-state index >= 15 is 0 Å². The number of amides is 1. The number of nitrogens with zero attached hydrogens (tertiary/aromatic N) is 3. The number of aryl methyl sites for hydroxylation is 1. The van der Waals surface area contributed by atoms with Crippen molar-refractivity contribution in [3.05, 3.63) is 69.8 Å². The molecule has 0 radical (unpaired) electrons. The quantitative estimate of drug-likeness (QED) is 0.558. The average Bonchev–Trinajstić information content (AvgIpc) is 3.16. The molecule has 1 atom stereocenters. The molecule has 32 heavy (non-hydrogen) atoms. The van der Waals surface area contributed by atoms with Gasteiger partial charge in [0.05, 0.1) is 40.4 Å². The number of pyridine rings is 1. The average molecular weight is 475 g/mol. The lowest BCUT2D eigenvalue weighted by atomic mass is 10.2. The van der Waals surface area contributed by atoms with Gasteiger partial charge in [-0.05, 0) is 36.8 Å². The first kappa shape index (κ1) is 22.7. The molecule has 1 fully saturated rings. The second-order valence-corrected chi connectivity index (χ2v) is 8.54. The number of rotatable bonds is 7. The van der Waals surface area contributed by atoms with E-state index in [4.69, 9.17) is 32.4 Å². The van der Waals surface area contributed by atoms with Crippen molar-refractivity contribution in [2.75, 3.05) is 26.2 Å². The molecule has 3 heterocycles. The van der Waals surface area contributed by atoms with Crippen LogP contribution in [0.15, 0.2) is 47.1 Å². The first-order chi connectivity index (χ1) is 15.5. The minimum Gasteiger partial charge on any atom is -0.441 e. The van der Waals surface area contributed by atoms with E-state index in [2.05, 4.69) is 20.2 Å². The van der Waals surface area contributed by atoms with E-state index in [1.807, 2.05) is 30.3 Å². The van der Waals surface area contributed by atoms with Crippen LogP contribution in [0.3, 0.4) is 0 Å². The predicted molar refractivity (Wildman–Crippen MR) is 123 cm³/mol. The molecule has 0 bridgehead atoms. The molecule has 2 aromatic heterocycles. The molecule has 7 nitrogen and oxygen atoms in total. The molecule has 1 saturated heterocycles. The predicted octanol–water partition coefficient (Wildman–Crippen LogP) is 3.91. The Bertz CT molecular complexity index is 1070. The monoisotopic (exact) mass is 474 g/mol. The van der Waals surface area contributed by atoms with Gasteiger partial charge in [-0.2, -0.15) is 0 Å². The number of nitrogens with one attached hydrogen (secondary N) is 1. The van der Waals surface area contributed by atoms with Crippen molar-refractivity contribution < 1.29 is 13.9 Å². The molecule has 1 N–H and O–H groups in total. The minimum atomic E-state index is -0.121. The Labute approximate surface area is 196 Å². The van der Waals surface area contributed by atoms with Gasteiger partial charge in [0.25, 0.3) is 0 Å². The number of hydrogen-bond donors (Lipinski definition) is 1. The second-order valence-electron chi connectivity index (χ2n) is 7.72. The van der Waals surface area contributed by atoms with Gasteiger partial charge in [0.1, 0.15) is 5.76 Å². The van der Waals surface area contributed by atoms with Crippen molar-refractivity contribution in [1.29, 1.82) is 0 Å². The summed E-state index contributed by atoms with van der Waals surface area (Å²) in [6.45, 7) is 5.14. The molecule has 1 amide bonds. The molecular weight excluding hydrogens is 451 g/mol. The highest BCUT2D eigenvalue weighted by Gasteiger charge is 2.22. The highest BCUT2D eigenvalue weighted by molar-refractivity contribution is 6.42. The van der Waals surface area contributed by atoms with Crippen molar-refractivity contribution in [3.63, 3.8) is 0 Å². The topological polar surface area (TPSA) is 80.5 Å². The zero-order chi connectivity index (χ0) is 22.5. The molecule has 1 aliphatic rings. The fraction of sp³-hybridized carbons (Fsp3) is 0.348. The molecule has 0 spiro atoms. The lowest BCUT2D eigenvalue weighted by molar-refractivity contribution is -0.121. The van der Waals surface area contributed by atoms with Crippen molar-refractivity contribution in [2.24, 2.45) is 0 Å². The number of carbonyl (C=O) groups is 1. The summed E-state index contributed by atoms with van der Waals surface area (Å²) >= 11 is 12.1. The van der Waals surface area contributed by atoms with Crippen LogP contribution in [0.5, 0.6) is 0 Å². The third-order valence-electron chi connectivity index (χ3n) is 5.27. The van der Waals surface area contributed by atoms with Gasteiger partial charge < -0.3 is 14.5 Å². The van der Waals surface area contributed by atoms with E-state index in [9.17, 15) is 4.79 Å². The van der Waals surface area contributed by atoms with E-state index in [1.54, 1.807) is 19.3 Å². The van der Waals surface area contributed by atoms with Crippen LogP contribution in [0.2, 0.25) is 10.0 Å². The Morgan fingerprint density at radius 1 is 1.28 bits per heavy atom. The summed E-state index contributed by atoms with van der Waals surface area (Å²) in [6, 6.07) is 9.35. The molecule has 1 aliphatic heterocycles. The molecule has 168 valence electrons. The van der Waals surface area contributed by atoms with Crippen LogP contribution in [0.25, 0.3) is 11.5 Å². The molecule has 1 aromatic carbocycles. The standard InChI is InChI=1S/C23H24Cl2N4O3/c1-15-21(28-23(32-15)17-3-2-6-26-11-17)10-22(30)27-12-18-14-29(7-8-31-18)13-16-4-5-19(24)20(25)9-16/h2-6,9,11,18H,7-8,10,12-14H2,1H3,(H,27,30)/t18-/m0/s1. The summed E-state index contributed by atoms with van der Waals surface area (Å²) in [5, 5.41) is 4.06. The highest BCUT2D eigenvalue weighted by atomic mass is 35.5. The maximum atomic E-state index is 12.5. The van der Waals surface area contributed by atoms with Crippen molar-refractivity contribution >= 4 is 29.1 Å². The van der Waals surface area contributed by atoms with Gasteiger partial charge in [-0.15, -0.1) is 0 Å². The van der Waals surface area contributed by atoms with Gasteiger partial charge in [0, 0.05) is 38.6 Å². The molecule has 4 rings (SSSR count). The van der Waals surface area contributed by atoms with Gasteiger partial charge in [-0.1, -0.05) is 29.3 Å². The van der Waals surface area contributed by atoms with Crippen molar-refractivity contribution in [3.8, 4) is 11.5 Å². The van der Waals surface area contributed by atoms with Crippen LogP contribution in [-0.2, 0) is 22.5 Å². The Morgan fingerprint density at radius 3 is 2.94 bits per heavy atom. The van der Waals surface area contributed by atoms with E-state index < -0.39 is 0 Å². The fourth-order valence-electron chi connectivity index (χ4n) is 3.59. The van der Waals surface area contributed by atoms with Crippen LogP contribution in [0, 0.1) is 6.92 Å². The lowest BCUT2D eigenvalue weighted by Gasteiger charge is -2.33. The first-order valence-corrected chi connectivity index (χ1v) is 11.1. The number of aromatic nitrogens is 2. The minimum absolute atomic E-state index is 0.0835. The zero-order valence-electron chi connectivity index (χ0n) is 17.7. The number of oxazole rings is 1. The Morgan fingerprint density at radius 2 is 2.16 bits per heavy atom. The summed E-state index contributed by atoms with van der Waals surface area (Å²) in [5.41, 5.74) is 2.49. The van der Waals surface area contributed by atoms with Gasteiger partial charge in [-0.25, -0.2) is 4.98 Å². The van der Waals surface area contributed by atoms with Gasteiger partial charge in [0.15, 0.2) is 0 Å². The van der Waals surface area contributed by atoms with Gasteiger partial charge in [-0.3, -0.25) is 14.7 Å². The Kier molecular flexibility index (Phi) is 7.42. The molecule has 9 heteroatoms. The normalized spacial score (nSPS) is 16.8. The summed E-state index contributed by atoms with van der Waals surface area (Å²) in [6.07, 6.45) is 3.43. The SMILES string of the molecule is Cc1oc(-c2cccnc2)nc1CC(=O)NC[C@H]1CN(Cc2ccc(Cl)c(Cl)c2)CCO1. The summed E-state index contributed by atoms with van der Waals surface area (Å²) < 4.78 is 11.5. The van der Waals surface area contributed by atoms with Gasteiger partial charge >= 0.3 is 0 Å². The van der Waals surface area contributed by atoms with Gasteiger partial charge in [0.2, 0.25) is 11.8 Å². The number of benzene rings is 1. The number of halogens is 2. The smallest absolute Gasteiger partial charge is 0.228 e. The van der Waals surface area contributed by atoms with Crippen LogP contribution in [0.4, 0.5) is 0 Å². The summed E-state index contributed by atoms with van der Waals surface area (Å²) in [4.78, 5) is 23.3. The number of ether oxygens (including phenoxy) is 1. The molecular formula is C23H24Cl2N4O3. The second kappa shape index (κ2) is 10.4. The number of carbonyl (C=O) groups excluding carboxylic acids is 1. The molecule has 3 aromatic rings. The van der Waals surface area contributed by atoms with Crippen LogP contribution < -0.4 is 5.32 Å². The molecule has 0 unspecified atom stereocenters. The third kappa shape index (κ3) is 5.86. The molecule has 0 aliphatic carbocycles. The summed E-state index contributed by atoms with van der Waals surface area (Å²) in [7, 11) is 0.